The zero-order valence-electron chi connectivity index (χ0n) is 8.10. The Hall–Kier alpha value is -2.43. The highest BCUT2D eigenvalue weighted by molar-refractivity contribution is 6.29. The molecule has 5 heteroatoms. The first-order valence-electron chi connectivity index (χ1n) is 4.49. The van der Waals surface area contributed by atoms with Crippen molar-refractivity contribution in [1.82, 2.24) is 0 Å². The molecular weight excluding hydrogens is 210 g/mol. The number of anilines is 1. The Morgan fingerprint density at radius 3 is 2.81 bits per heavy atom. The lowest BCUT2D eigenvalue weighted by Crippen LogP contribution is -2.18. The van der Waals surface area contributed by atoms with E-state index in [-0.39, 0.29) is 17.4 Å². The number of para-hydroxylation sites is 1. The van der Waals surface area contributed by atoms with Gasteiger partial charge in [0.05, 0.1) is 5.39 Å². The molecule has 0 spiro atoms. The minimum absolute atomic E-state index is 0.0456. The van der Waals surface area contributed by atoms with E-state index in [2.05, 4.69) is 5.32 Å². The zero-order chi connectivity index (χ0) is 11.5. The molecule has 1 amide bonds. The Labute approximate surface area is 89.7 Å². The number of amides is 1. The molecule has 0 aliphatic carbocycles. The van der Waals surface area contributed by atoms with Crippen molar-refractivity contribution in [1.29, 1.82) is 0 Å². The first kappa shape index (κ1) is 10.1. The molecule has 80 valence electrons. The Bertz CT molecular complexity index is 615. The van der Waals surface area contributed by atoms with Crippen LogP contribution < -0.4 is 10.7 Å². The van der Waals surface area contributed by atoms with Crippen LogP contribution >= 0.6 is 0 Å². The molecule has 0 atom stereocenters. The maximum Gasteiger partial charge on any atom is 0.288 e. The number of nitrogens with one attached hydrogen (secondary N) is 1. The second-order valence-corrected chi connectivity index (χ2v) is 3.08. The predicted octanol–water partition coefficient (Wildman–Crippen LogP) is 0.930. The summed E-state index contributed by atoms with van der Waals surface area (Å²) in [5.74, 6) is -0.886. The SMILES string of the molecule is O=CC(=O)Nc1coc2ccccc2c1=O. The minimum atomic E-state index is -0.886. The fourth-order valence-corrected chi connectivity index (χ4v) is 1.33. The van der Waals surface area contributed by atoms with Gasteiger partial charge in [-0.2, -0.15) is 0 Å². The van der Waals surface area contributed by atoms with E-state index in [1.54, 1.807) is 24.3 Å². The monoisotopic (exact) mass is 217 g/mol. The van der Waals surface area contributed by atoms with E-state index >= 15 is 0 Å². The van der Waals surface area contributed by atoms with Crippen LogP contribution in [-0.2, 0) is 9.59 Å². The maximum atomic E-state index is 11.8. The fraction of sp³-hybridized carbons (Fsp3) is 0. The molecule has 0 radical (unpaired) electrons. The summed E-state index contributed by atoms with van der Waals surface area (Å²) in [6, 6.07) is 6.64. The fourth-order valence-electron chi connectivity index (χ4n) is 1.33. The van der Waals surface area contributed by atoms with Gasteiger partial charge >= 0.3 is 0 Å². The summed E-state index contributed by atoms with van der Waals surface area (Å²) in [4.78, 5) is 32.7. The summed E-state index contributed by atoms with van der Waals surface area (Å²) in [6.07, 6.45) is 1.21. The number of hydrogen-bond acceptors (Lipinski definition) is 4. The van der Waals surface area contributed by atoms with Gasteiger partial charge in [-0.05, 0) is 12.1 Å². The van der Waals surface area contributed by atoms with E-state index in [1.807, 2.05) is 0 Å². The summed E-state index contributed by atoms with van der Waals surface area (Å²) in [6.45, 7) is 0. The molecule has 0 fully saturated rings. The number of hydrogen-bond donors (Lipinski definition) is 1. The first-order chi connectivity index (χ1) is 7.72. The van der Waals surface area contributed by atoms with E-state index in [1.165, 1.54) is 0 Å². The first-order valence-corrected chi connectivity index (χ1v) is 4.49. The molecule has 5 nitrogen and oxygen atoms in total. The normalized spacial score (nSPS) is 10.0. The van der Waals surface area contributed by atoms with E-state index in [4.69, 9.17) is 4.42 Å². The molecule has 0 saturated heterocycles. The van der Waals surface area contributed by atoms with Gasteiger partial charge in [-0.15, -0.1) is 0 Å². The summed E-state index contributed by atoms with van der Waals surface area (Å²) >= 11 is 0. The van der Waals surface area contributed by atoms with Crippen LogP contribution in [0, 0.1) is 0 Å². The van der Waals surface area contributed by atoms with Crippen LogP contribution in [0.4, 0.5) is 5.69 Å². The summed E-state index contributed by atoms with van der Waals surface area (Å²) < 4.78 is 5.14. The van der Waals surface area contributed by atoms with Crippen LogP contribution in [0.2, 0.25) is 0 Å². The molecule has 1 aromatic heterocycles. The molecule has 1 aromatic carbocycles. The van der Waals surface area contributed by atoms with Crippen molar-refractivity contribution in [2.75, 3.05) is 5.32 Å². The molecule has 2 rings (SSSR count). The zero-order valence-corrected chi connectivity index (χ0v) is 8.10. The van der Waals surface area contributed by atoms with Crippen molar-refractivity contribution in [3.05, 3.63) is 40.8 Å². The van der Waals surface area contributed by atoms with Gasteiger partial charge < -0.3 is 9.73 Å². The highest BCUT2D eigenvalue weighted by Crippen LogP contribution is 2.12. The van der Waals surface area contributed by atoms with Gasteiger partial charge in [-0.1, -0.05) is 12.1 Å². The summed E-state index contributed by atoms with van der Waals surface area (Å²) in [5, 5.41) is 2.49. The second-order valence-electron chi connectivity index (χ2n) is 3.08. The van der Waals surface area contributed by atoms with Crippen LogP contribution in [0.15, 0.2) is 39.7 Å². The van der Waals surface area contributed by atoms with E-state index in [0.717, 1.165) is 6.26 Å². The lowest BCUT2D eigenvalue weighted by atomic mass is 10.2. The molecule has 1 heterocycles. The van der Waals surface area contributed by atoms with Gasteiger partial charge in [-0.25, -0.2) is 0 Å². The van der Waals surface area contributed by atoms with Crippen molar-refractivity contribution in [3.8, 4) is 0 Å². The average molecular weight is 217 g/mol. The average Bonchev–Trinajstić information content (AvgIpc) is 2.33. The van der Waals surface area contributed by atoms with Gasteiger partial charge in [0.15, 0.2) is 0 Å². The van der Waals surface area contributed by atoms with E-state index in [0.29, 0.717) is 11.0 Å². The van der Waals surface area contributed by atoms with Crippen molar-refractivity contribution < 1.29 is 14.0 Å². The molecular formula is C11H7NO4. The van der Waals surface area contributed by atoms with Gasteiger partial charge in [0, 0.05) is 0 Å². The minimum Gasteiger partial charge on any atom is -0.462 e. The third-order valence-electron chi connectivity index (χ3n) is 2.04. The van der Waals surface area contributed by atoms with Crippen LogP contribution in [0.1, 0.15) is 0 Å². The van der Waals surface area contributed by atoms with Gasteiger partial charge in [0.25, 0.3) is 5.91 Å². The largest absolute Gasteiger partial charge is 0.462 e. The van der Waals surface area contributed by atoms with Crippen molar-refractivity contribution >= 4 is 28.8 Å². The molecule has 1 N–H and O–H groups in total. The predicted molar refractivity (Wildman–Crippen MR) is 57.2 cm³/mol. The summed E-state index contributed by atoms with van der Waals surface area (Å²) in [5.41, 5.74) is 0.00412. The quantitative estimate of drug-likeness (QED) is 0.599. The van der Waals surface area contributed by atoms with Gasteiger partial charge in [-0.3, -0.25) is 14.4 Å². The highest BCUT2D eigenvalue weighted by atomic mass is 16.3. The molecule has 0 unspecified atom stereocenters. The highest BCUT2D eigenvalue weighted by Gasteiger charge is 2.08. The standard InChI is InChI=1S/C11H7NO4/c13-5-10(14)12-8-6-16-9-4-2-1-3-7(9)11(8)15/h1-6H,(H,12,14). The molecule has 2 aromatic rings. The van der Waals surface area contributed by atoms with Crippen molar-refractivity contribution in [2.24, 2.45) is 0 Å². The van der Waals surface area contributed by atoms with Crippen LogP contribution in [-0.4, -0.2) is 12.2 Å². The molecule has 0 aliphatic rings. The van der Waals surface area contributed by atoms with Crippen LogP contribution in [0.3, 0.4) is 0 Å². The number of carbonyl (C=O) groups is 2. The Balaban J connectivity index is 2.57. The van der Waals surface area contributed by atoms with Crippen LogP contribution in [0.5, 0.6) is 0 Å². The van der Waals surface area contributed by atoms with Gasteiger partial charge in [0.1, 0.15) is 17.5 Å². The third-order valence-corrected chi connectivity index (χ3v) is 2.04. The number of fused-ring (bicyclic) bond motifs is 1. The maximum absolute atomic E-state index is 11.8. The lowest BCUT2D eigenvalue weighted by Gasteiger charge is -2.01. The smallest absolute Gasteiger partial charge is 0.288 e. The lowest BCUT2D eigenvalue weighted by molar-refractivity contribution is -0.127. The number of rotatable bonds is 2. The Kier molecular flexibility index (Phi) is 2.51. The molecule has 16 heavy (non-hydrogen) atoms. The number of aldehydes is 1. The topological polar surface area (TPSA) is 76.4 Å². The van der Waals surface area contributed by atoms with E-state index < -0.39 is 5.91 Å². The summed E-state index contributed by atoms with van der Waals surface area (Å²) in [7, 11) is 0. The van der Waals surface area contributed by atoms with Gasteiger partial charge in [0.2, 0.25) is 11.7 Å². The Morgan fingerprint density at radius 2 is 2.06 bits per heavy atom. The Morgan fingerprint density at radius 1 is 1.31 bits per heavy atom. The van der Waals surface area contributed by atoms with Crippen LogP contribution in [0.25, 0.3) is 11.0 Å². The number of benzene rings is 1. The molecule has 0 bridgehead atoms. The third kappa shape index (κ3) is 1.70. The van der Waals surface area contributed by atoms with E-state index in [9.17, 15) is 14.4 Å². The van der Waals surface area contributed by atoms with Crippen molar-refractivity contribution in [2.45, 2.75) is 0 Å². The van der Waals surface area contributed by atoms with Crippen molar-refractivity contribution in [3.63, 3.8) is 0 Å². The molecule has 0 aliphatic heterocycles. The molecule has 0 saturated carbocycles. The second kappa shape index (κ2) is 3.98. The number of carbonyl (C=O) groups excluding carboxylic acids is 2.